The molecule has 100 valence electrons. The smallest absolute Gasteiger partial charge is 0.340 e. The minimum absolute atomic E-state index is 0.0899. The molecule has 1 heterocycles. The van der Waals surface area contributed by atoms with Gasteiger partial charge in [0, 0.05) is 27.7 Å². The highest BCUT2D eigenvalue weighted by Gasteiger charge is 2.06. The molecule has 3 nitrogen and oxygen atoms in total. The van der Waals surface area contributed by atoms with E-state index in [0.29, 0.717) is 16.9 Å². The van der Waals surface area contributed by atoms with Crippen molar-refractivity contribution in [2.24, 2.45) is 0 Å². The van der Waals surface area contributed by atoms with Gasteiger partial charge in [0.2, 0.25) is 0 Å². The molecule has 3 aromatic rings. The zero-order valence-corrected chi connectivity index (χ0v) is 11.4. The summed E-state index contributed by atoms with van der Waals surface area (Å²) in [5.74, 6) is 0.649. The van der Waals surface area contributed by atoms with Crippen molar-refractivity contribution in [3.8, 4) is 5.75 Å². The summed E-state index contributed by atoms with van der Waals surface area (Å²) in [6.07, 6.45) is 0. The van der Waals surface area contributed by atoms with Crippen molar-refractivity contribution in [2.45, 2.75) is 10.6 Å². The van der Waals surface area contributed by atoms with E-state index < -0.39 is 0 Å². The second kappa shape index (κ2) is 5.43. The topological polar surface area (TPSA) is 50.4 Å². The molecule has 1 aromatic heterocycles. The number of benzene rings is 2. The highest BCUT2D eigenvalue weighted by Crippen LogP contribution is 2.24. The standard InChI is InChI=1S/C16H12O3S/c17-13-7-6-11-8-12(16(18)19-15(11)9-13)10-20-14-4-2-1-3-5-14/h1-9,17H,10H2. The molecule has 2 aromatic carbocycles. The minimum Gasteiger partial charge on any atom is -0.508 e. The van der Waals surface area contributed by atoms with Crippen LogP contribution < -0.4 is 5.63 Å². The van der Waals surface area contributed by atoms with Gasteiger partial charge in [0.1, 0.15) is 11.3 Å². The van der Waals surface area contributed by atoms with Gasteiger partial charge in [-0.3, -0.25) is 0 Å². The summed E-state index contributed by atoms with van der Waals surface area (Å²) in [6.45, 7) is 0. The van der Waals surface area contributed by atoms with Crippen molar-refractivity contribution in [3.05, 3.63) is 70.6 Å². The number of hydrogen-bond acceptors (Lipinski definition) is 4. The second-order valence-electron chi connectivity index (χ2n) is 4.38. The Kier molecular flexibility index (Phi) is 3.48. The molecule has 0 amide bonds. The molecule has 20 heavy (non-hydrogen) atoms. The molecule has 3 rings (SSSR count). The quantitative estimate of drug-likeness (QED) is 0.587. The molecule has 4 heteroatoms. The van der Waals surface area contributed by atoms with Crippen LogP contribution in [0.2, 0.25) is 0 Å². The third kappa shape index (κ3) is 2.70. The van der Waals surface area contributed by atoms with Gasteiger partial charge in [-0.2, -0.15) is 0 Å². The number of thioether (sulfide) groups is 1. The van der Waals surface area contributed by atoms with E-state index in [9.17, 15) is 9.90 Å². The van der Waals surface area contributed by atoms with Gasteiger partial charge >= 0.3 is 5.63 Å². The Morgan fingerprint density at radius 3 is 2.65 bits per heavy atom. The number of fused-ring (bicyclic) bond motifs is 1. The largest absolute Gasteiger partial charge is 0.508 e. The molecule has 0 aliphatic carbocycles. The van der Waals surface area contributed by atoms with E-state index in [-0.39, 0.29) is 11.4 Å². The predicted molar refractivity (Wildman–Crippen MR) is 80.2 cm³/mol. The maximum Gasteiger partial charge on any atom is 0.340 e. The summed E-state index contributed by atoms with van der Waals surface area (Å²) in [5.41, 5.74) is 0.673. The summed E-state index contributed by atoms with van der Waals surface area (Å²) >= 11 is 1.59. The summed E-state index contributed by atoms with van der Waals surface area (Å²) in [7, 11) is 0. The van der Waals surface area contributed by atoms with E-state index >= 15 is 0 Å². The first-order valence-electron chi connectivity index (χ1n) is 6.16. The number of aromatic hydroxyl groups is 1. The van der Waals surface area contributed by atoms with Crippen LogP contribution in [0.1, 0.15) is 5.56 Å². The Hall–Kier alpha value is -2.20. The van der Waals surface area contributed by atoms with E-state index in [1.54, 1.807) is 23.9 Å². The van der Waals surface area contributed by atoms with Crippen molar-refractivity contribution in [2.75, 3.05) is 0 Å². The number of phenolic OH excluding ortho intramolecular Hbond substituents is 1. The average Bonchev–Trinajstić information content (AvgIpc) is 2.46. The van der Waals surface area contributed by atoms with Gasteiger partial charge in [-0.25, -0.2) is 4.79 Å². The molecule has 0 unspecified atom stereocenters. The van der Waals surface area contributed by atoms with Crippen LogP contribution >= 0.6 is 11.8 Å². The Morgan fingerprint density at radius 2 is 1.85 bits per heavy atom. The van der Waals surface area contributed by atoms with Gasteiger partial charge in [0.05, 0.1) is 0 Å². The average molecular weight is 284 g/mol. The van der Waals surface area contributed by atoms with Gasteiger partial charge in [-0.1, -0.05) is 18.2 Å². The molecule has 0 spiro atoms. The van der Waals surface area contributed by atoms with Crippen LogP contribution in [0.3, 0.4) is 0 Å². The molecule has 0 aliphatic rings. The minimum atomic E-state index is -0.355. The van der Waals surface area contributed by atoms with Crippen LogP contribution in [0.5, 0.6) is 5.75 Å². The van der Waals surface area contributed by atoms with E-state index in [4.69, 9.17) is 4.42 Å². The zero-order chi connectivity index (χ0) is 13.9. The van der Waals surface area contributed by atoms with E-state index in [0.717, 1.165) is 10.3 Å². The molecule has 0 saturated heterocycles. The maximum atomic E-state index is 11.9. The van der Waals surface area contributed by atoms with Gasteiger partial charge in [-0.05, 0) is 30.3 Å². The first-order chi connectivity index (χ1) is 9.72. The number of phenols is 1. The molecule has 0 saturated carbocycles. The van der Waals surface area contributed by atoms with Crippen LogP contribution in [0.25, 0.3) is 11.0 Å². The predicted octanol–water partition coefficient (Wildman–Crippen LogP) is 3.79. The highest BCUT2D eigenvalue weighted by atomic mass is 32.2. The molecule has 0 aliphatic heterocycles. The third-order valence-corrected chi connectivity index (χ3v) is 3.99. The zero-order valence-electron chi connectivity index (χ0n) is 10.6. The van der Waals surface area contributed by atoms with Crippen LogP contribution in [0.4, 0.5) is 0 Å². The van der Waals surface area contributed by atoms with Crippen molar-refractivity contribution >= 4 is 22.7 Å². The van der Waals surface area contributed by atoms with Gasteiger partial charge in [0.25, 0.3) is 0 Å². The summed E-state index contributed by atoms with van der Waals surface area (Å²) in [5, 5.41) is 10.2. The van der Waals surface area contributed by atoms with Crippen molar-refractivity contribution in [1.29, 1.82) is 0 Å². The summed E-state index contributed by atoms with van der Waals surface area (Å²) in [4.78, 5) is 13.0. The summed E-state index contributed by atoms with van der Waals surface area (Å²) < 4.78 is 5.23. The first kappa shape index (κ1) is 12.8. The molecular weight excluding hydrogens is 272 g/mol. The van der Waals surface area contributed by atoms with Crippen molar-refractivity contribution in [3.63, 3.8) is 0 Å². The molecule has 0 bridgehead atoms. The highest BCUT2D eigenvalue weighted by molar-refractivity contribution is 7.98. The maximum absolute atomic E-state index is 11.9. The molecule has 1 N–H and O–H groups in total. The Balaban J connectivity index is 1.90. The lowest BCUT2D eigenvalue weighted by atomic mass is 10.2. The normalized spacial score (nSPS) is 10.8. The van der Waals surface area contributed by atoms with Crippen molar-refractivity contribution < 1.29 is 9.52 Å². The third-order valence-electron chi connectivity index (χ3n) is 2.93. The lowest BCUT2D eigenvalue weighted by Gasteiger charge is -2.03. The molecule has 0 radical (unpaired) electrons. The Morgan fingerprint density at radius 1 is 1.05 bits per heavy atom. The van der Waals surface area contributed by atoms with Crippen molar-refractivity contribution in [1.82, 2.24) is 0 Å². The lowest BCUT2D eigenvalue weighted by molar-refractivity contribution is 0.473. The second-order valence-corrected chi connectivity index (χ2v) is 5.43. The van der Waals surface area contributed by atoms with E-state index in [1.807, 2.05) is 36.4 Å². The fourth-order valence-corrected chi connectivity index (χ4v) is 2.79. The van der Waals surface area contributed by atoms with Crippen LogP contribution in [0.15, 0.2) is 68.7 Å². The molecule has 0 atom stereocenters. The van der Waals surface area contributed by atoms with Gasteiger partial charge in [0.15, 0.2) is 0 Å². The number of rotatable bonds is 3. The Bertz CT molecular complexity index is 794. The molecule has 0 fully saturated rings. The fourth-order valence-electron chi connectivity index (χ4n) is 1.92. The monoisotopic (exact) mass is 284 g/mol. The van der Waals surface area contributed by atoms with E-state index in [1.165, 1.54) is 6.07 Å². The number of hydrogen-bond donors (Lipinski definition) is 1. The lowest BCUT2D eigenvalue weighted by Crippen LogP contribution is -2.05. The van der Waals surface area contributed by atoms with Gasteiger partial charge in [-0.15, -0.1) is 11.8 Å². The van der Waals surface area contributed by atoms with Crippen LogP contribution in [-0.2, 0) is 5.75 Å². The SMILES string of the molecule is O=c1oc2cc(O)ccc2cc1CSc1ccccc1. The summed E-state index contributed by atoms with van der Waals surface area (Å²) in [6, 6.07) is 16.5. The molecular formula is C16H12O3S. The van der Waals surface area contributed by atoms with Gasteiger partial charge < -0.3 is 9.52 Å². The first-order valence-corrected chi connectivity index (χ1v) is 7.14. The van der Waals surface area contributed by atoms with Crippen LogP contribution in [-0.4, -0.2) is 5.11 Å². The van der Waals surface area contributed by atoms with E-state index in [2.05, 4.69) is 0 Å². The fraction of sp³-hybridized carbons (Fsp3) is 0.0625. The van der Waals surface area contributed by atoms with Crippen LogP contribution in [0, 0.1) is 0 Å². The Labute approximate surface area is 119 Å².